The van der Waals surface area contributed by atoms with Crippen molar-refractivity contribution in [3.8, 4) is 5.75 Å². The van der Waals surface area contributed by atoms with Crippen molar-refractivity contribution in [2.24, 2.45) is 0 Å². The van der Waals surface area contributed by atoms with Crippen LogP contribution in [-0.2, 0) is 16.1 Å². The first-order valence-corrected chi connectivity index (χ1v) is 8.51. The minimum absolute atomic E-state index is 0.0107. The zero-order valence-electron chi connectivity index (χ0n) is 13.4. The molecule has 0 aliphatic carbocycles. The highest BCUT2D eigenvalue weighted by molar-refractivity contribution is 7.99. The average molecular weight is 360 g/mol. The summed E-state index contributed by atoms with van der Waals surface area (Å²) < 4.78 is 5.29. The first-order valence-electron chi connectivity index (χ1n) is 7.52. The Balaban J connectivity index is 1.54. The lowest BCUT2D eigenvalue weighted by atomic mass is 10.1. The maximum absolute atomic E-state index is 12.0. The van der Waals surface area contributed by atoms with Gasteiger partial charge < -0.3 is 20.4 Å². The quantitative estimate of drug-likeness (QED) is 0.537. The van der Waals surface area contributed by atoms with Gasteiger partial charge in [-0.15, -0.1) is 0 Å². The van der Waals surface area contributed by atoms with Crippen molar-refractivity contribution in [2.45, 2.75) is 18.5 Å². The zero-order valence-corrected chi connectivity index (χ0v) is 14.2. The second-order valence-corrected chi connectivity index (χ2v) is 6.42. The topological polar surface area (TPSA) is 113 Å². The second-order valence-electron chi connectivity index (χ2n) is 5.43. The number of thioether (sulfide) groups is 1. The number of benzene rings is 1. The molecule has 0 saturated carbocycles. The number of aromatic nitrogens is 2. The van der Waals surface area contributed by atoms with E-state index in [0.717, 1.165) is 11.1 Å². The van der Waals surface area contributed by atoms with Crippen LogP contribution in [0.3, 0.4) is 0 Å². The van der Waals surface area contributed by atoms with Crippen molar-refractivity contribution in [3.63, 3.8) is 0 Å². The van der Waals surface area contributed by atoms with Gasteiger partial charge in [0.1, 0.15) is 5.75 Å². The summed E-state index contributed by atoms with van der Waals surface area (Å²) >= 11 is 1.24. The molecule has 130 valence electrons. The van der Waals surface area contributed by atoms with Crippen LogP contribution in [0.5, 0.6) is 5.75 Å². The third-order valence-electron chi connectivity index (χ3n) is 3.47. The van der Waals surface area contributed by atoms with E-state index in [9.17, 15) is 14.4 Å². The Kier molecular flexibility index (Phi) is 5.03. The summed E-state index contributed by atoms with van der Waals surface area (Å²) in [4.78, 5) is 40.8. The summed E-state index contributed by atoms with van der Waals surface area (Å²) in [5, 5.41) is 6.15. The Morgan fingerprint density at radius 2 is 2.24 bits per heavy atom. The predicted octanol–water partition coefficient (Wildman–Crippen LogP) is 0.818. The SMILES string of the molecule is Cc1cnc(=O)[nH]c1SCC(=O)NCc1ccc2c(c1)NC(=O)CO2. The third kappa shape index (κ3) is 4.38. The number of H-pyrrole nitrogens is 1. The molecule has 8 nitrogen and oxygen atoms in total. The van der Waals surface area contributed by atoms with E-state index in [0.29, 0.717) is 23.0 Å². The van der Waals surface area contributed by atoms with Gasteiger partial charge in [-0.3, -0.25) is 9.59 Å². The highest BCUT2D eigenvalue weighted by Crippen LogP contribution is 2.28. The first-order chi connectivity index (χ1) is 12.0. The monoisotopic (exact) mass is 360 g/mol. The lowest BCUT2D eigenvalue weighted by Gasteiger charge is -2.18. The summed E-state index contributed by atoms with van der Waals surface area (Å²) in [5.41, 5.74) is 1.81. The normalized spacial score (nSPS) is 12.8. The Morgan fingerprint density at radius 1 is 1.40 bits per heavy atom. The summed E-state index contributed by atoms with van der Waals surface area (Å²) in [6.07, 6.45) is 1.47. The van der Waals surface area contributed by atoms with E-state index in [1.807, 2.05) is 13.0 Å². The number of fused-ring (bicyclic) bond motifs is 1. The van der Waals surface area contributed by atoms with Crippen LogP contribution < -0.4 is 21.1 Å². The molecule has 0 bridgehead atoms. The number of nitrogens with one attached hydrogen (secondary N) is 3. The van der Waals surface area contributed by atoms with Gasteiger partial charge in [0.2, 0.25) is 5.91 Å². The molecule has 0 radical (unpaired) electrons. The molecule has 3 N–H and O–H groups in total. The van der Waals surface area contributed by atoms with Crippen LogP contribution in [0, 0.1) is 6.92 Å². The van der Waals surface area contributed by atoms with Crippen molar-refractivity contribution < 1.29 is 14.3 Å². The maximum atomic E-state index is 12.0. The molecule has 0 fully saturated rings. The van der Waals surface area contributed by atoms with E-state index in [2.05, 4.69) is 20.6 Å². The highest BCUT2D eigenvalue weighted by Gasteiger charge is 2.16. The number of aryl methyl sites for hydroxylation is 1. The molecule has 1 aliphatic rings. The second kappa shape index (κ2) is 7.39. The fourth-order valence-corrected chi connectivity index (χ4v) is 3.04. The Bertz CT molecular complexity index is 881. The van der Waals surface area contributed by atoms with E-state index in [1.165, 1.54) is 18.0 Å². The van der Waals surface area contributed by atoms with Gasteiger partial charge in [-0.25, -0.2) is 9.78 Å². The number of ether oxygens (including phenoxy) is 1. The summed E-state index contributed by atoms with van der Waals surface area (Å²) in [6, 6.07) is 5.36. The number of carbonyl (C=O) groups excluding carboxylic acids is 2. The molecule has 25 heavy (non-hydrogen) atoms. The van der Waals surface area contributed by atoms with Gasteiger partial charge in [-0.1, -0.05) is 17.8 Å². The van der Waals surface area contributed by atoms with Crippen LogP contribution in [0.2, 0.25) is 0 Å². The fourth-order valence-electron chi connectivity index (χ4n) is 2.22. The predicted molar refractivity (Wildman–Crippen MR) is 92.7 cm³/mol. The summed E-state index contributed by atoms with van der Waals surface area (Å²) in [6.45, 7) is 2.15. The van der Waals surface area contributed by atoms with Gasteiger partial charge in [-0.2, -0.15) is 0 Å². The van der Waals surface area contributed by atoms with Crippen LogP contribution in [0.15, 0.2) is 34.2 Å². The maximum Gasteiger partial charge on any atom is 0.345 e. The molecule has 3 rings (SSSR count). The number of carbonyl (C=O) groups is 2. The van der Waals surface area contributed by atoms with Gasteiger partial charge in [0, 0.05) is 12.7 Å². The summed E-state index contributed by atoms with van der Waals surface area (Å²) in [5.74, 6) is 0.417. The molecule has 0 saturated heterocycles. The van der Waals surface area contributed by atoms with E-state index < -0.39 is 5.69 Å². The van der Waals surface area contributed by atoms with E-state index in [4.69, 9.17) is 4.74 Å². The van der Waals surface area contributed by atoms with Crippen LogP contribution >= 0.6 is 11.8 Å². The standard InChI is InChI=1S/C16H16N4O4S/c1-9-5-18-16(23)20-15(9)25-8-14(22)17-6-10-2-3-12-11(4-10)19-13(21)7-24-12/h2-5H,6-8H2,1H3,(H,17,22)(H,19,21)(H,18,20,23). The molecule has 1 aromatic heterocycles. The van der Waals surface area contributed by atoms with Crippen molar-refractivity contribution in [1.29, 1.82) is 0 Å². The van der Waals surface area contributed by atoms with Gasteiger partial charge in [-0.05, 0) is 30.2 Å². The number of aromatic amines is 1. The molecule has 2 heterocycles. The van der Waals surface area contributed by atoms with Gasteiger partial charge >= 0.3 is 5.69 Å². The molecule has 1 aromatic carbocycles. The molecular formula is C16H16N4O4S. The summed E-state index contributed by atoms with van der Waals surface area (Å²) in [7, 11) is 0. The molecule has 0 unspecified atom stereocenters. The van der Waals surface area contributed by atoms with Crippen molar-refractivity contribution in [2.75, 3.05) is 17.7 Å². The Morgan fingerprint density at radius 3 is 3.08 bits per heavy atom. The molecule has 2 amide bonds. The van der Waals surface area contributed by atoms with Crippen molar-refractivity contribution in [1.82, 2.24) is 15.3 Å². The number of rotatable bonds is 5. The van der Waals surface area contributed by atoms with Crippen LogP contribution in [0.25, 0.3) is 0 Å². The van der Waals surface area contributed by atoms with Gasteiger partial charge in [0.05, 0.1) is 16.5 Å². The largest absolute Gasteiger partial charge is 0.482 e. The zero-order chi connectivity index (χ0) is 17.8. The number of nitrogens with zero attached hydrogens (tertiary/aromatic N) is 1. The van der Waals surface area contributed by atoms with Crippen LogP contribution in [-0.4, -0.2) is 34.1 Å². The lowest BCUT2D eigenvalue weighted by Crippen LogP contribution is -2.27. The Hall–Kier alpha value is -2.81. The van der Waals surface area contributed by atoms with Crippen molar-refractivity contribution >= 4 is 29.3 Å². The van der Waals surface area contributed by atoms with Crippen LogP contribution in [0.1, 0.15) is 11.1 Å². The number of amides is 2. The van der Waals surface area contributed by atoms with Crippen molar-refractivity contribution in [3.05, 3.63) is 46.0 Å². The molecule has 9 heteroatoms. The average Bonchev–Trinajstić information content (AvgIpc) is 2.60. The Labute approximate surface area is 147 Å². The molecule has 0 atom stereocenters. The minimum atomic E-state index is -0.438. The third-order valence-corrected chi connectivity index (χ3v) is 4.59. The smallest absolute Gasteiger partial charge is 0.345 e. The van der Waals surface area contributed by atoms with Gasteiger partial charge in [0.15, 0.2) is 6.61 Å². The highest BCUT2D eigenvalue weighted by atomic mass is 32.2. The lowest BCUT2D eigenvalue weighted by molar-refractivity contribution is -0.119. The molecular weight excluding hydrogens is 344 g/mol. The van der Waals surface area contributed by atoms with Gasteiger partial charge in [0.25, 0.3) is 5.91 Å². The molecule has 2 aromatic rings. The first kappa shape index (κ1) is 17.0. The van der Waals surface area contributed by atoms with E-state index in [-0.39, 0.29) is 24.2 Å². The number of hydrogen-bond acceptors (Lipinski definition) is 6. The van der Waals surface area contributed by atoms with E-state index in [1.54, 1.807) is 12.1 Å². The molecule has 0 spiro atoms. The number of anilines is 1. The minimum Gasteiger partial charge on any atom is -0.482 e. The number of hydrogen-bond donors (Lipinski definition) is 3. The van der Waals surface area contributed by atoms with Crippen LogP contribution in [0.4, 0.5) is 5.69 Å². The van der Waals surface area contributed by atoms with E-state index >= 15 is 0 Å². The molecule has 1 aliphatic heterocycles. The fraction of sp³-hybridized carbons (Fsp3) is 0.250.